The number of alkyl carbamates (subject to hydrolysis) is 1. The molecule has 4 saturated carbocycles. The van der Waals surface area contributed by atoms with Gasteiger partial charge in [-0.25, -0.2) is 4.79 Å². The number of hydrogen-bond acceptors (Lipinski definition) is 3. The normalized spacial score (nSPS) is 45.0. The summed E-state index contributed by atoms with van der Waals surface area (Å²) >= 11 is 0. The fraction of sp³-hybridized carbons (Fsp3) is 0.812. The van der Waals surface area contributed by atoms with E-state index in [2.05, 4.69) is 5.32 Å². The molecule has 5 rings (SSSR count). The maximum absolute atomic E-state index is 12.2. The first-order chi connectivity index (χ1) is 9.71. The molecule has 0 aromatic heterocycles. The second-order valence-corrected chi connectivity index (χ2v) is 7.23. The van der Waals surface area contributed by atoms with E-state index in [4.69, 9.17) is 9.47 Å². The Morgan fingerprint density at radius 2 is 1.80 bits per heavy atom. The number of amides is 1. The van der Waals surface area contributed by atoms with Crippen LogP contribution in [-0.4, -0.2) is 24.3 Å². The predicted molar refractivity (Wildman–Crippen MR) is 74.0 cm³/mol. The smallest absolute Gasteiger partial charge is 0.408 e. The molecular formula is C16H23NO3. The molecule has 0 aromatic rings. The molecule has 1 N–H and O–H groups in total. The van der Waals surface area contributed by atoms with Gasteiger partial charge in [-0.05, 0) is 62.4 Å². The van der Waals surface area contributed by atoms with Gasteiger partial charge in [-0.2, -0.15) is 0 Å². The number of rotatable bonds is 2. The number of nitrogens with one attached hydrogen (secondary N) is 1. The van der Waals surface area contributed by atoms with Gasteiger partial charge in [0.05, 0.1) is 18.9 Å². The van der Waals surface area contributed by atoms with Crippen molar-refractivity contribution < 1.29 is 14.3 Å². The van der Waals surface area contributed by atoms with Crippen LogP contribution in [0.4, 0.5) is 4.79 Å². The van der Waals surface area contributed by atoms with Gasteiger partial charge in [-0.1, -0.05) is 0 Å². The second kappa shape index (κ2) is 4.68. The van der Waals surface area contributed by atoms with Crippen molar-refractivity contribution in [3.8, 4) is 0 Å². The van der Waals surface area contributed by atoms with E-state index in [1.807, 2.05) is 6.08 Å². The molecule has 4 aliphatic carbocycles. The Morgan fingerprint density at radius 3 is 2.35 bits per heavy atom. The Hall–Kier alpha value is -1.19. The van der Waals surface area contributed by atoms with Crippen LogP contribution in [0.15, 0.2) is 12.3 Å². The molecule has 20 heavy (non-hydrogen) atoms. The highest BCUT2D eigenvalue weighted by Crippen LogP contribution is 2.57. The third-order valence-electron chi connectivity index (χ3n) is 5.55. The third-order valence-corrected chi connectivity index (χ3v) is 5.55. The van der Waals surface area contributed by atoms with Gasteiger partial charge in [0.2, 0.25) is 0 Å². The lowest BCUT2D eigenvalue weighted by atomic mass is 9.54. The number of ether oxygens (including phenoxy) is 2. The zero-order valence-electron chi connectivity index (χ0n) is 11.8. The van der Waals surface area contributed by atoms with Crippen molar-refractivity contribution >= 4 is 6.09 Å². The summed E-state index contributed by atoms with van der Waals surface area (Å²) in [5, 5.41) is 2.97. The average Bonchev–Trinajstić information content (AvgIpc) is 2.37. The fourth-order valence-corrected chi connectivity index (χ4v) is 5.16. The molecule has 1 aliphatic heterocycles. The van der Waals surface area contributed by atoms with Crippen LogP contribution in [0.3, 0.4) is 0 Å². The summed E-state index contributed by atoms with van der Waals surface area (Å²) in [6, 6.07) is 0.0603. The van der Waals surface area contributed by atoms with Crippen molar-refractivity contribution in [3.63, 3.8) is 0 Å². The second-order valence-electron chi connectivity index (χ2n) is 7.23. The summed E-state index contributed by atoms with van der Waals surface area (Å²) in [5.74, 6) is 2.41. The van der Waals surface area contributed by atoms with Crippen LogP contribution in [0.5, 0.6) is 0 Å². The number of hydrogen-bond donors (Lipinski definition) is 1. The van der Waals surface area contributed by atoms with Crippen molar-refractivity contribution in [2.45, 2.75) is 56.6 Å². The average molecular weight is 277 g/mol. The summed E-state index contributed by atoms with van der Waals surface area (Å²) in [4.78, 5) is 12.2. The highest BCUT2D eigenvalue weighted by molar-refractivity contribution is 5.68. The SMILES string of the molecule is O=C(NC1C=COCC1)OC12CC3CC(CC(C3)C1)C2. The minimum absolute atomic E-state index is 0.0603. The van der Waals surface area contributed by atoms with Crippen molar-refractivity contribution in [1.29, 1.82) is 0 Å². The van der Waals surface area contributed by atoms with Crippen LogP contribution in [0, 0.1) is 17.8 Å². The minimum Gasteiger partial charge on any atom is -0.501 e. The number of carbonyl (C=O) groups is 1. The summed E-state index contributed by atoms with van der Waals surface area (Å²) in [6.45, 7) is 0.665. The van der Waals surface area contributed by atoms with Crippen LogP contribution in [0.1, 0.15) is 44.9 Å². The molecule has 4 fully saturated rings. The van der Waals surface area contributed by atoms with Crippen molar-refractivity contribution in [3.05, 3.63) is 12.3 Å². The van der Waals surface area contributed by atoms with Gasteiger partial charge in [0.15, 0.2) is 0 Å². The molecule has 1 atom stereocenters. The fourth-order valence-electron chi connectivity index (χ4n) is 5.16. The van der Waals surface area contributed by atoms with Gasteiger partial charge < -0.3 is 14.8 Å². The molecule has 4 bridgehead atoms. The molecule has 1 unspecified atom stereocenters. The van der Waals surface area contributed by atoms with E-state index in [-0.39, 0.29) is 17.7 Å². The van der Waals surface area contributed by atoms with Crippen molar-refractivity contribution in [2.75, 3.05) is 6.61 Å². The monoisotopic (exact) mass is 277 g/mol. The molecule has 5 aliphatic rings. The molecule has 0 spiro atoms. The first-order valence-electron chi connectivity index (χ1n) is 7.99. The van der Waals surface area contributed by atoms with Crippen LogP contribution in [-0.2, 0) is 9.47 Å². The predicted octanol–water partition coefficient (Wildman–Crippen LogP) is 2.98. The van der Waals surface area contributed by atoms with Crippen LogP contribution < -0.4 is 5.32 Å². The third kappa shape index (κ3) is 2.29. The lowest BCUT2D eigenvalue weighted by molar-refractivity contribution is -0.127. The maximum atomic E-state index is 12.2. The van der Waals surface area contributed by atoms with E-state index >= 15 is 0 Å². The molecule has 0 radical (unpaired) electrons. The van der Waals surface area contributed by atoms with Crippen LogP contribution in [0.2, 0.25) is 0 Å². The summed E-state index contributed by atoms with van der Waals surface area (Å²) in [6.07, 6.45) is 11.5. The van der Waals surface area contributed by atoms with E-state index in [9.17, 15) is 4.79 Å². The maximum Gasteiger partial charge on any atom is 0.408 e. The summed E-state index contributed by atoms with van der Waals surface area (Å²) in [5.41, 5.74) is -0.145. The zero-order valence-corrected chi connectivity index (χ0v) is 11.8. The quantitative estimate of drug-likeness (QED) is 0.844. The molecular weight excluding hydrogens is 254 g/mol. The van der Waals surface area contributed by atoms with E-state index < -0.39 is 0 Å². The first kappa shape index (κ1) is 12.5. The molecule has 4 heteroatoms. The highest BCUT2D eigenvalue weighted by atomic mass is 16.6. The van der Waals surface area contributed by atoms with E-state index in [1.165, 1.54) is 19.3 Å². The minimum atomic E-state index is -0.233. The van der Waals surface area contributed by atoms with Gasteiger partial charge in [0.25, 0.3) is 0 Å². The summed E-state index contributed by atoms with van der Waals surface area (Å²) < 4.78 is 11.1. The zero-order chi connectivity index (χ0) is 13.6. The first-order valence-corrected chi connectivity index (χ1v) is 7.99. The Morgan fingerprint density at radius 1 is 1.15 bits per heavy atom. The Labute approximate surface area is 119 Å². The molecule has 110 valence electrons. The van der Waals surface area contributed by atoms with E-state index in [0.29, 0.717) is 6.61 Å². The molecule has 4 nitrogen and oxygen atoms in total. The van der Waals surface area contributed by atoms with Gasteiger partial charge >= 0.3 is 6.09 Å². The van der Waals surface area contributed by atoms with Gasteiger partial charge in [-0.3, -0.25) is 0 Å². The van der Waals surface area contributed by atoms with Gasteiger partial charge in [0, 0.05) is 6.42 Å². The van der Waals surface area contributed by atoms with Crippen molar-refractivity contribution in [2.24, 2.45) is 17.8 Å². The van der Waals surface area contributed by atoms with E-state index in [0.717, 1.165) is 43.4 Å². The molecule has 1 heterocycles. The largest absolute Gasteiger partial charge is 0.501 e. The Kier molecular flexibility index (Phi) is 2.93. The lowest BCUT2D eigenvalue weighted by Gasteiger charge is -2.55. The molecule has 0 saturated heterocycles. The van der Waals surface area contributed by atoms with Crippen LogP contribution >= 0.6 is 0 Å². The highest BCUT2D eigenvalue weighted by Gasteiger charge is 2.53. The molecule has 0 aromatic carbocycles. The Balaban J connectivity index is 1.39. The summed E-state index contributed by atoms with van der Waals surface area (Å²) in [7, 11) is 0. The van der Waals surface area contributed by atoms with E-state index in [1.54, 1.807) is 6.26 Å². The van der Waals surface area contributed by atoms with Gasteiger partial charge in [0.1, 0.15) is 5.60 Å². The Bertz CT molecular complexity index is 396. The topological polar surface area (TPSA) is 47.6 Å². The standard InChI is InChI=1S/C16H23NO3/c18-15(17-14-1-3-19-4-2-14)20-16-8-11-5-12(9-16)7-13(6-11)10-16/h1,3,11-14H,2,4-10H2,(H,17,18). The molecule has 1 amide bonds. The van der Waals surface area contributed by atoms with Gasteiger partial charge in [-0.15, -0.1) is 0 Å². The lowest BCUT2D eigenvalue weighted by Crippen LogP contribution is -2.54. The number of carbonyl (C=O) groups excluding carboxylic acids is 1. The van der Waals surface area contributed by atoms with Crippen LogP contribution in [0.25, 0.3) is 0 Å². The van der Waals surface area contributed by atoms with Crippen molar-refractivity contribution in [1.82, 2.24) is 5.32 Å².